The van der Waals surface area contributed by atoms with E-state index in [2.05, 4.69) is 10.3 Å². The van der Waals surface area contributed by atoms with Crippen LogP contribution in [0.1, 0.15) is 10.4 Å². The number of anilines is 1. The summed E-state index contributed by atoms with van der Waals surface area (Å²) in [5.41, 5.74) is 2.08. The molecule has 0 aliphatic rings. The Bertz CT molecular complexity index is 1330. The zero-order valence-electron chi connectivity index (χ0n) is 16.1. The summed E-state index contributed by atoms with van der Waals surface area (Å²) in [6, 6.07) is 13.4. The first-order valence-electron chi connectivity index (χ1n) is 9.14. The number of aromatic amines is 1. The van der Waals surface area contributed by atoms with E-state index in [0.29, 0.717) is 40.8 Å². The molecule has 0 bridgehead atoms. The number of pyridine rings is 1. The number of nitrogens with one attached hydrogen (secondary N) is 2. The molecule has 8 nitrogen and oxygen atoms in total. The maximum Gasteiger partial charge on any atom is 0.419 e. The molecule has 0 unspecified atom stereocenters. The Balaban J connectivity index is 1.69. The number of rotatable bonds is 5. The minimum Gasteiger partial charge on any atom is -0.408 e. The Kier molecular flexibility index (Phi) is 4.77. The maximum atomic E-state index is 12.9. The number of nitrogens with zero attached hydrogens (tertiary/aromatic N) is 2. The molecule has 0 aliphatic heterocycles. The lowest BCUT2D eigenvalue weighted by Gasteiger charge is -2.10. The third-order valence-corrected chi connectivity index (χ3v) is 4.69. The van der Waals surface area contributed by atoms with E-state index in [1.807, 2.05) is 19.0 Å². The highest BCUT2D eigenvalue weighted by molar-refractivity contribution is 6.12. The van der Waals surface area contributed by atoms with E-state index in [0.717, 1.165) is 0 Å². The fraction of sp³-hybridized carbons (Fsp3) is 0.190. The zero-order valence-corrected chi connectivity index (χ0v) is 16.1. The SMILES string of the molecule is CN(C)CCn1c(=O)oc2ccc(NC(=O)c3cc(=O)[nH]c4ccccc34)cc21. The minimum atomic E-state index is -0.439. The first-order valence-corrected chi connectivity index (χ1v) is 9.14. The molecule has 0 saturated heterocycles. The van der Waals surface area contributed by atoms with E-state index in [1.54, 1.807) is 42.5 Å². The highest BCUT2D eigenvalue weighted by Crippen LogP contribution is 2.21. The van der Waals surface area contributed by atoms with Crippen LogP contribution in [0.5, 0.6) is 0 Å². The van der Waals surface area contributed by atoms with E-state index in [9.17, 15) is 14.4 Å². The molecule has 4 aromatic rings. The molecule has 0 atom stereocenters. The summed E-state index contributed by atoms with van der Waals surface area (Å²) >= 11 is 0. The second-order valence-corrected chi connectivity index (χ2v) is 7.05. The molecule has 29 heavy (non-hydrogen) atoms. The molecule has 2 aromatic carbocycles. The standard InChI is InChI=1S/C21H20N4O4/c1-24(2)9-10-25-17-11-13(7-8-18(17)29-21(25)28)22-20(27)15-12-19(26)23-16-6-4-3-5-14(15)16/h3-8,11-12H,9-10H2,1-2H3,(H,22,27)(H,23,26). The van der Waals surface area contributed by atoms with Crippen LogP contribution in [0.25, 0.3) is 22.0 Å². The summed E-state index contributed by atoms with van der Waals surface area (Å²) in [5.74, 6) is -0.844. The van der Waals surface area contributed by atoms with E-state index >= 15 is 0 Å². The molecular weight excluding hydrogens is 372 g/mol. The van der Waals surface area contributed by atoms with E-state index in [4.69, 9.17) is 4.42 Å². The number of hydrogen-bond donors (Lipinski definition) is 2. The van der Waals surface area contributed by atoms with Crippen molar-refractivity contribution in [1.29, 1.82) is 0 Å². The van der Waals surface area contributed by atoms with Gasteiger partial charge < -0.3 is 19.6 Å². The lowest BCUT2D eigenvalue weighted by atomic mass is 10.1. The predicted molar refractivity (Wildman–Crippen MR) is 112 cm³/mol. The monoisotopic (exact) mass is 392 g/mol. The van der Waals surface area contributed by atoms with Crippen molar-refractivity contribution in [3.63, 3.8) is 0 Å². The Morgan fingerprint density at radius 2 is 1.93 bits per heavy atom. The second-order valence-electron chi connectivity index (χ2n) is 7.05. The Morgan fingerprint density at radius 1 is 1.14 bits per heavy atom. The van der Waals surface area contributed by atoms with Gasteiger partial charge in [0.2, 0.25) is 5.56 Å². The summed E-state index contributed by atoms with van der Waals surface area (Å²) in [6.07, 6.45) is 0. The largest absolute Gasteiger partial charge is 0.419 e. The third kappa shape index (κ3) is 3.70. The number of fused-ring (bicyclic) bond motifs is 2. The van der Waals surface area contributed by atoms with Gasteiger partial charge in [-0.15, -0.1) is 0 Å². The Morgan fingerprint density at radius 3 is 2.72 bits per heavy atom. The summed E-state index contributed by atoms with van der Waals surface area (Å²) in [6.45, 7) is 1.14. The smallest absolute Gasteiger partial charge is 0.408 e. The Hall–Kier alpha value is -3.65. The number of amides is 1. The fourth-order valence-electron chi connectivity index (χ4n) is 3.24. The molecule has 0 radical (unpaired) electrons. The number of aromatic nitrogens is 2. The van der Waals surface area contributed by atoms with Crippen LogP contribution in [0.15, 0.2) is 62.5 Å². The van der Waals surface area contributed by atoms with Gasteiger partial charge in [0, 0.05) is 35.7 Å². The molecule has 1 amide bonds. The number of carbonyl (C=O) groups is 1. The highest BCUT2D eigenvalue weighted by Gasteiger charge is 2.14. The highest BCUT2D eigenvalue weighted by atomic mass is 16.4. The summed E-state index contributed by atoms with van der Waals surface area (Å²) in [4.78, 5) is 41.6. The number of oxazole rings is 1. The average Bonchev–Trinajstić information content (AvgIpc) is 3.00. The summed E-state index contributed by atoms with van der Waals surface area (Å²) in [5, 5.41) is 3.46. The average molecular weight is 392 g/mol. The van der Waals surface area contributed by atoms with Crippen molar-refractivity contribution in [1.82, 2.24) is 14.5 Å². The van der Waals surface area contributed by atoms with Gasteiger partial charge in [0.05, 0.1) is 11.1 Å². The fourth-order valence-corrected chi connectivity index (χ4v) is 3.24. The number of H-pyrrole nitrogens is 1. The number of benzene rings is 2. The van der Waals surface area contributed by atoms with Gasteiger partial charge in [0.1, 0.15) is 0 Å². The molecule has 0 spiro atoms. The molecule has 0 saturated carbocycles. The van der Waals surface area contributed by atoms with Crippen LogP contribution in [0.4, 0.5) is 5.69 Å². The van der Waals surface area contributed by atoms with Crippen LogP contribution in [-0.2, 0) is 6.54 Å². The molecule has 2 heterocycles. The third-order valence-electron chi connectivity index (χ3n) is 4.69. The molecule has 0 fully saturated rings. The lowest BCUT2D eigenvalue weighted by Crippen LogP contribution is -2.23. The summed E-state index contributed by atoms with van der Waals surface area (Å²) in [7, 11) is 3.84. The van der Waals surface area contributed by atoms with Crippen molar-refractivity contribution in [3.05, 3.63) is 75.0 Å². The van der Waals surface area contributed by atoms with Gasteiger partial charge in [-0.1, -0.05) is 18.2 Å². The summed E-state index contributed by atoms with van der Waals surface area (Å²) < 4.78 is 6.82. The van der Waals surface area contributed by atoms with Crippen molar-refractivity contribution in [3.8, 4) is 0 Å². The number of hydrogen-bond acceptors (Lipinski definition) is 5. The van der Waals surface area contributed by atoms with Gasteiger partial charge in [0.25, 0.3) is 5.91 Å². The van der Waals surface area contributed by atoms with Crippen LogP contribution in [0, 0.1) is 0 Å². The molecule has 8 heteroatoms. The quantitative estimate of drug-likeness (QED) is 0.543. The van der Waals surface area contributed by atoms with Crippen molar-refractivity contribution < 1.29 is 9.21 Å². The van der Waals surface area contributed by atoms with Gasteiger partial charge in [-0.05, 0) is 38.4 Å². The van der Waals surface area contributed by atoms with Crippen molar-refractivity contribution in [2.45, 2.75) is 6.54 Å². The van der Waals surface area contributed by atoms with Gasteiger partial charge >= 0.3 is 5.76 Å². The van der Waals surface area contributed by atoms with Gasteiger partial charge in [0.15, 0.2) is 5.58 Å². The maximum absolute atomic E-state index is 12.9. The number of carbonyl (C=O) groups excluding carboxylic acids is 1. The van der Waals surface area contributed by atoms with Crippen LogP contribution in [0.2, 0.25) is 0 Å². The van der Waals surface area contributed by atoms with E-state index in [1.165, 1.54) is 10.6 Å². The van der Waals surface area contributed by atoms with Gasteiger partial charge in [-0.3, -0.25) is 14.2 Å². The number of likely N-dealkylation sites (N-methyl/N-ethyl adjacent to an activating group) is 1. The van der Waals surface area contributed by atoms with E-state index < -0.39 is 11.7 Å². The predicted octanol–water partition coefficient (Wildman–Crippen LogP) is 2.25. The molecule has 2 aromatic heterocycles. The normalized spacial score (nSPS) is 11.4. The van der Waals surface area contributed by atoms with Crippen LogP contribution < -0.4 is 16.6 Å². The van der Waals surface area contributed by atoms with Crippen molar-refractivity contribution in [2.75, 3.05) is 26.0 Å². The van der Waals surface area contributed by atoms with E-state index in [-0.39, 0.29) is 11.1 Å². The van der Waals surface area contributed by atoms with Crippen molar-refractivity contribution in [2.24, 2.45) is 0 Å². The van der Waals surface area contributed by atoms with Gasteiger partial charge in [-0.2, -0.15) is 0 Å². The molecule has 2 N–H and O–H groups in total. The van der Waals surface area contributed by atoms with Crippen molar-refractivity contribution >= 4 is 33.6 Å². The molecule has 148 valence electrons. The first kappa shape index (κ1) is 18.7. The second kappa shape index (κ2) is 7.40. The topological polar surface area (TPSA) is 100 Å². The van der Waals surface area contributed by atoms with Crippen LogP contribution in [0.3, 0.4) is 0 Å². The zero-order chi connectivity index (χ0) is 20.5. The lowest BCUT2D eigenvalue weighted by molar-refractivity contribution is 0.102. The van der Waals surface area contributed by atoms with Crippen LogP contribution in [-0.4, -0.2) is 41.0 Å². The Labute approximate surface area is 165 Å². The van der Waals surface area contributed by atoms with Gasteiger partial charge in [-0.25, -0.2) is 4.79 Å². The first-order chi connectivity index (χ1) is 13.9. The molecule has 0 aliphatic carbocycles. The minimum absolute atomic E-state index is 0.279. The number of para-hydroxylation sites is 1. The van der Waals surface area contributed by atoms with Crippen LogP contribution >= 0.6 is 0 Å². The molecular formula is C21H20N4O4. The molecule has 4 rings (SSSR count).